The Kier molecular flexibility index (Phi) is 38.6. The molecule has 0 amide bonds. The first-order valence-electron chi connectivity index (χ1n) is 15.2. The fraction of sp³-hybridized carbons (Fsp3) is 1.00. The first-order valence-corrected chi connectivity index (χ1v) is 16.7. The number of hydrogen-bond acceptors (Lipinski definition) is 11. The van der Waals surface area contributed by atoms with E-state index in [-0.39, 0.29) is 6.10 Å². The van der Waals surface area contributed by atoms with Crippen LogP contribution in [0.15, 0.2) is 0 Å². The van der Waals surface area contributed by atoms with Gasteiger partial charge < -0.3 is 52.1 Å². The van der Waals surface area contributed by atoms with Gasteiger partial charge in [-0.1, -0.05) is 35.4 Å². The van der Waals surface area contributed by atoms with Crippen molar-refractivity contribution in [1.29, 1.82) is 0 Å². The Morgan fingerprint density at radius 1 is 0.317 bits per heavy atom. The predicted molar refractivity (Wildman–Crippen MR) is 167 cm³/mol. The summed E-state index contributed by atoms with van der Waals surface area (Å²) >= 11 is 2.42. The van der Waals surface area contributed by atoms with E-state index in [2.05, 4.69) is 22.6 Å². The van der Waals surface area contributed by atoms with Gasteiger partial charge in [-0.05, 0) is 31.1 Å². The molecule has 0 aliphatic carbocycles. The predicted octanol–water partition coefficient (Wildman–Crippen LogP) is 3.57. The zero-order valence-electron chi connectivity index (χ0n) is 25.8. The van der Waals surface area contributed by atoms with E-state index in [9.17, 15) is 0 Å². The third kappa shape index (κ3) is 40.3. The summed E-state index contributed by atoms with van der Waals surface area (Å²) < 4.78 is 61.4. The molecule has 0 heterocycles. The van der Waals surface area contributed by atoms with Crippen LogP contribution in [0.5, 0.6) is 0 Å². The number of alkyl halides is 1. The molecule has 0 rings (SSSR count). The van der Waals surface area contributed by atoms with Crippen molar-refractivity contribution in [3.8, 4) is 0 Å². The molecule has 0 aliphatic heterocycles. The number of hydrogen-bond donors (Lipinski definition) is 0. The monoisotopic (exact) mass is 710 g/mol. The number of rotatable bonds is 37. The lowest BCUT2D eigenvalue weighted by Crippen LogP contribution is -2.15. The van der Waals surface area contributed by atoms with Crippen molar-refractivity contribution < 1.29 is 52.1 Å². The molecule has 0 atom stereocenters. The Morgan fingerprint density at radius 3 is 0.829 bits per heavy atom. The molecule has 12 heteroatoms. The highest BCUT2D eigenvalue weighted by Gasteiger charge is 1.97. The van der Waals surface area contributed by atoms with Crippen LogP contribution >= 0.6 is 22.6 Å². The summed E-state index contributed by atoms with van der Waals surface area (Å²) in [6.45, 7) is 15.9. The average Bonchev–Trinajstić information content (AvgIpc) is 2.97. The van der Waals surface area contributed by atoms with E-state index in [1.165, 1.54) is 23.7 Å². The van der Waals surface area contributed by atoms with E-state index in [4.69, 9.17) is 52.1 Å². The van der Waals surface area contributed by atoms with E-state index >= 15 is 0 Å². The van der Waals surface area contributed by atoms with Gasteiger partial charge in [0.15, 0.2) is 0 Å². The standard InChI is InChI=1S/C29H59IO11/c1-29(2)41-28-27-40-26-25-39-24-23-38-22-21-37-20-19-36-18-17-35-16-15-34-14-13-33-12-11-32-10-9-31-8-6-4-3-5-7-30/h29H,3-28H2,1-2H3. The summed E-state index contributed by atoms with van der Waals surface area (Å²) in [7, 11) is 0. The summed E-state index contributed by atoms with van der Waals surface area (Å²) in [5.41, 5.74) is 0. The molecule has 0 aromatic rings. The van der Waals surface area contributed by atoms with Gasteiger partial charge in [0.25, 0.3) is 0 Å². The molecule has 0 aromatic carbocycles. The van der Waals surface area contributed by atoms with Crippen molar-refractivity contribution in [1.82, 2.24) is 0 Å². The molecule has 0 spiro atoms. The quantitative estimate of drug-likeness (QED) is 0.0538. The molecule has 0 aromatic heterocycles. The molecule has 0 radical (unpaired) electrons. The Labute approximate surface area is 262 Å². The molecule has 0 saturated carbocycles. The van der Waals surface area contributed by atoms with E-state index in [1.807, 2.05) is 13.8 Å². The molecule has 0 unspecified atom stereocenters. The van der Waals surface area contributed by atoms with Crippen molar-refractivity contribution >= 4 is 22.6 Å². The molecule has 0 fully saturated rings. The molecular weight excluding hydrogens is 651 g/mol. The zero-order chi connectivity index (χ0) is 29.7. The Balaban J connectivity index is 3.03. The smallest absolute Gasteiger partial charge is 0.0703 e. The van der Waals surface area contributed by atoms with Crippen LogP contribution in [0.2, 0.25) is 0 Å². The van der Waals surface area contributed by atoms with Crippen molar-refractivity contribution in [2.45, 2.75) is 45.6 Å². The van der Waals surface area contributed by atoms with Gasteiger partial charge in [-0.15, -0.1) is 0 Å². The highest BCUT2D eigenvalue weighted by atomic mass is 127. The highest BCUT2D eigenvalue weighted by Crippen LogP contribution is 2.02. The Morgan fingerprint density at radius 2 is 0.561 bits per heavy atom. The average molecular weight is 711 g/mol. The third-order valence-corrected chi connectivity index (χ3v) is 5.96. The van der Waals surface area contributed by atoms with Crippen LogP contribution in [-0.2, 0) is 52.1 Å². The molecular formula is C29H59IO11. The van der Waals surface area contributed by atoms with Gasteiger partial charge in [0, 0.05) is 6.61 Å². The summed E-state index contributed by atoms with van der Waals surface area (Å²) in [6, 6.07) is 0. The first-order chi connectivity index (χ1) is 20.3. The largest absolute Gasteiger partial charge is 0.379 e. The fourth-order valence-electron chi connectivity index (χ4n) is 3.08. The maximum absolute atomic E-state index is 5.55. The fourth-order valence-corrected chi connectivity index (χ4v) is 3.62. The van der Waals surface area contributed by atoms with Crippen LogP contribution in [0.1, 0.15) is 39.5 Å². The van der Waals surface area contributed by atoms with Gasteiger partial charge in [-0.2, -0.15) is 0 Å². The Bertz CT molecular complexity index is 464. The molecule has 248 valence electrons. The van der Waals surface area contributed by atoms with Crippen LogP contribution < -0.4 is 0 Å². The summed E-state index contributed by atoms with van der Waals surface area (Å²) in [4.78, 5) is 0. The number of ether oxygens (including phenoxy) is 11. The molecule has 0 N–H and O–H groups in total. The second-order valence-electron chi connectivity index (χ2n) is 9.15. The molecule has 11 nitrogen and oxygen atoms in total. The van der Waals surface area contributed by atoms with E-state index < -0.39 is 0 Å². The lowest BCUT2D eigenvalue weighted by molar-refractivity contribution is -0.0286. The summed E-state index contributed by atoms with van der Waals surface area (Å²) in [5, 5.41) is 0. The van der Waals surface area contributed by atoms with Crippen molar-refractivity contribution in [3.05, 3.63) is 0 Å². The highest BCUT2D eigenvalue weighted by molar-refractivity contribution is 14.1. The van der Waals surface area contributed by atoms with Gasteiger partial charge in [0.1, 0.15) is 0 Å². The normalized spacial score (nSPS) is 11.7. The maximum atomic E-state index is 5.55. The van der Waals surface area contributed by atoms with Gasteiger partial charge in [-0.25, -0.2) is 0 Å². The second-order valence-corrected chi connectivity index (χ2v) is 10.2. The van der Waals surface area contributed by atoms with E-state index in [0.29, 0.717) is 132 Å². The second kappa shape index (κ2) is 38.3. The lowest BCUT2D eigenvalue weighted by Gasteiger charge is -2.09. The topological polar surface area (TPSA) is 102 Å². The third-order valence-electron chi connectivity index (χ3n) is 5.20. The van der Waals surface area contributed by atoms with Gasteiger partial charge >= 0.3 is 0 Å². The van der Waals surface area contributed by atoms with Crippen molar-refractivity contribution in [2.75, 3.05) is 143 Å². The van der Waals surface area contributed by atoms with Gasteiger partial charge in [0.2, 0.25) is 0 Å². The van der Waals surface area contributed by atoms with Crippen molar-refractivity contribution in [3.63, 3.8) is 0 Å². The summed E-state index contributed by atoms with van der Waals surface area (Å²) in [6.07, 6.45) is 5.22. The number of unbranched alkanes of at least 4 members (excludes halogenated alkanes) is 3. The van der Waals surface area contributed by atoms with Crippen LogP contribution in [0.4, 0.5) is 0 Å². The minimum absolute atomic E-state index is 0.235. The molecule has 0 aliphatic rings. The minimum Gasteiger partial charge on any atom is -0.379 e. The minimum atomic E-state index is 0.235. The molecule has 41 heavy (non-hydrogen) atoms. The lowest BCUT2D eigenvalue weighted by atomic mass is 10.2. The first kappa shape index (κ1) is 41.3. The van der Waals surface area contributed by atoms with Crippen LogP contribution in [0, 0.1) is 0 Å². The SMILES string of the molecule is CC(C)OCCOCCOCCOCCOCCOCCOCCOCCOCCOCCOCCCCCCI. The maximum Gasteiger partial charge on any atom is 0.0703 e. The van der Waals surface area contributed by atoms with E-state index in [1.54, 1.807) is 0 Å². The zero-order valence-corrected chi connectivity index (χ0v) is 28.0. The number of halogens is 1. The van der Waals surface area contributed by atoms with Crippen LogP contribution in [0.3, 0.4) is 0 Å². The van der Waals surface area contributed by atoms with Gasteiger partial charge in [0.05, 0.1) is 138 Å². The molecule has 0 bridgehead atoms. The van der Waals surface area contributed by atoms with Gasteiger partial charge in [-0.3, -0.25) is 0 Å². The van der Waals surface area contributed by atoms with E-state index in [0.717, 1.165) is 13.0 Å². The van der Waals surface area contributed by atoms with Crippen LogP contribution in [0.25, 0.3) is 0 Å². The Hall–Kier alpha value is 0.290. The van der Waals surface area contributed by atoms with Crippen molar-refractivity contribution in [2.24, 2.45) is 0 Å². The molecule has 0 saturated heterocycles. The summed E-state index contributed by atoms with van der Waals surface area (Å²) in [5.74, 6) is 0. The van der Waals surface area contributed by atoms with Crippen LogP contribution in [-0.4, -0.2) is 149 Å².